The van der Waals surface area contributed by atoms with Gasteiger partial charge in [-0.1, -0.05) is 60.6 Å². The summed E-state index contributed by atoms with van der Waals surface area (Å²) in [5.74, 6) is -3.23. The number of rotatable bonds is 17. The van der Waals surface area contributed by atoms with Crippen LogP contribution >= 0.6 is 7.75 Å². The van der Waals surface area contributed by atoms with Crippen LogP contribution in [0.3, 0.4) is 0 Å². The first-order chi connectivity index (χ1) is 25.4. The van der Waals surface area contributed by atoms with E-state index in [-0.39, 0.29) is 29.3 Å². The standard InChI is InChI=1S/C36H49N6O11P/c1-21(2)33(43)51-30(27-13-14-28-32(38)39-20-40-42(27)28)31(52-34(44)22(3)4)29(48-19-37)18-49-54(46,41-23(5)35(45)50-26-15-16-47-17-26)53-25-11-9-24(10-12-25)36(6,7)8/h9-14,20-23,26,29-31H,15-18H2,1-8H3,(H,41,46)(H2,38,39,40)/t23-,26-,29+,30-,31+,54?/m0/s1. The van der Waals surface area contributed by atoms with Crippen LogP contribution in [0.5, 0.6) is 5.75 Å². The van der Waals surface area contributed by atoms with Crippen LogP contribution in [-0.2, 0) is 52.6 Å². The molecule has 1 saturated heterocycles. The third-order valence-electron chi connectivity index (χ3n) is 8.34. The van der Waals surface area contributed by atoms with Gasteiger partial charge in [0, 0.05) is 6.42 Å². The highest BCUT2D eigenvalue weighted by molar-refractivity contribution is 7.52. The van der Waals surface area contributed by atoms with Gasteiger partial charge in [0.1, 0.15) is 36.3 Å². The number of hydrogen-bond acceptors (Lipinski definition) is 15. The van der Waals surface area contributed by atoms with Crippen molar-refractivity contribution in [1.82, 2.24) is 19.7 Å². The van der Waals surface area contributed by atoms with E-state index in [4.69, 9.17) is 38.5 Å². The van der Waals surface area contributed by atoms with E-state index in [1.807, 2.05) is 20.8 Å². The maximum absolute atomic E-state index is 14.6. The maximum atomic E-state index is 14.6. The SMILES string of the molecule is CC(C)C(=O)O[C@H]([C@@H](COP(=O)(N[C@@H](C)C(=O)O[C@H]1CCOC1)Oc1ccc(C(C)(C)C)cc1)OC#N)[C@@H](OC(=O)C(C)C)c1ccc2c(N)ncnn12. The van der Waals surface area contributed by atoms with E-state index in [0.29, 0.717) is 18.5 Å². The van der Waals surface area contributed by atoms with Crippen LogP contribution in [0.2, 0.25) is 0 Å². The van der Waals surface area contributed by atoms with Crippen molar-refractivity contribution >= 4 is 37.0 Å². The summed E-state index contributed by atoms with van der Waals surface area (Å²) in [6, 6.07) is 8.69. The van der Waals surface area contributed by atoms with Gasteiger partial charge >= 0.3 is 25.7 Å². The average Bonchev–Trinajstić information content (AvgIpc) is 3.78. The lowest BCUT2D eigenvalue weighted by molar-refractivity contribution is -0.184. The van der Waals surface area contributed by atoms with Crippen LogP contribution in [0.1, 0.15) is 79.2 Å². The molecule has 0 aliphatic carbocycles. The predicted octanol–water partition coefficient (Wildman–Crippen LogP) is 4.80. The van der Waals surface area contributed by atoms with Crippen molar-refractivity contribution < 1.29 is 51.7 Å². The number of nitrogens with zero attached hydrogens (tertiary/aromatic N) is 4. The smallest absolute Gasteiger partial charge is 0.459 e. The van der Waals surface area contributed by atoms with E-state index in [1.54, 1.807) is 70.3 Å². The van der Waals surface area contributed by atoms with Gasteiger partial charge in [0.25, 0.3) is 6.26 Å². The molecule has 18 heteroatoms. The molecule has 1 aromatic carbocycles. The van der Waals surface area contributed by atoms with Gasteiger partial charge in [-0.3, -0.25) is 18.9 Å². The Balaban J connectivity index is 1.74. The van der Waals surface area contributed by atoms with Crippen molar-refractivity contribution in [3.05, 3.63) is 54.0 Å². The molecular weight excluding hydrogens is 723 g/mol. The number of fused-ring (bicyclic) bond motifs is 1. The fourth-order valence-electron chi connectivity index (χ4n) is 5.19. The van der Waals surface area contributed by atoms with Crippen molar-refractivity contribution in [1.29, 1.82) is 5.26 Å². The van der Waals surface area contributed by atoms with Gasteiger partial charge in [-0.05, 0) is 42.2 Å². The number of aromatic nitrogens is 3. The van der Waals surface area contributed by atoms with E-state index < -0.39 is 74.6 Å². The normalized spacial score (nSPS) is 17.9. The molecule has 54 heavy (non-hydrogen) atoms. The van der Waals surface area contributed by atoms with Gasteiger partial charge in [-0.2, -0.15) is 15.4 Å². The molecule has 294 valence electrons. The molecule has 17 nitrogen and oxygen atoms in total. The second-order valence-corrected chi connectivity index (χ2v) is 16.1. The summed E-state index contributed by atoms with van der Waals surface area (Å²) in [6.07, 6.45) is -1.85. The van der Waals surface area contributed by atoms with Crippen LogP contribution in [0.15, 0.2) is 42.7 Å². The molecule has 0 radical (unpaired) electrons. The van der Waals surface area contributed by atoms with Crippen molar-refractivity contribution in [3.63, 3.8) is 0 Å². The molecule has 1 aliphatic rings. The third-order valence-corrected chi connectivity index (χ3v) is 9.98. The number of nitrogens with one attached hydrogen (secondary N) is 1. The molecule has 1 aliphatic heterocycles. The summed E-state index contributed by atoms with van der Waals surface area (Å²) in [4.78, 5) is 43.5. The van der Waals surface area contributed by atoms with Crippen molar-refractivity contribution in [3.8, 4) is 12.0 Å². The van der Waals surface area contributed by atoms with Crippen LogP contribution in [0, 0.1) is 23.4 Å². The Morgan fingerprint density at radius 2 is 1.70 bits per heavy atom. The Kier molecular flexibility index (Phi) is 14.0. The van der Waals surface area contributed by atoms with Gasteiger partial charge in [-0.25, -0.2) is 14.1 Å². The fraction of sp³-hybridized carbons (Fsp3) is 0.556. The van der Waals surface area contributed by atoms with Gasteiger partial charge in [0.2, 0.25) is 0 Å². The Morgan fingerprint density at radius 1 is 1.04 bits per heavy atom. The molecule has 4 rings (SSSR count). The number of anilines is 1. The maximum Gasteiger partial charge on any atom is 0.459 e. The lowest BCUT2D eigenvalue weighted by Gasteiger charge is -2.32. The topological polar surface area (TPSA) is 225 Å². The first-order valence-electron chi connectivity index (χ1n) is 17.6. The number of nitriles is 1. The van der Waals surface area contributed by atoms with E-state index in [2.05, 4.69) is 15.2 Å². The molecule has 2 aromatic heterocycles. The minimum Gasteiger partial charge on any atom is -0.459 e. The molecule has 0 amide bonds. The lowest BCUT2D eigenvalue weighted by atomic mass is 9.87. The number of ether oxygens (including phenoxy) is 5. The summed E-state index contributed by atoms with van der Waals surface area (Å²) in [6.45, 7) is 13.8. The number of esters is 3. The number of hydrogen-bond donors (Lipinski definition) is 2. The molecule has 0 bridgehead atoms. The Bertz CT molecular complexity index is 1850. The molecule has 0 saturated carbocycles. The monoisotopic (exact) mass is 772 g/mol. The summed E-state index contributed by atoms with van der Waals surface area (Å²) >= 11 is 0. The molecule has 3 N–H and O–H groups in total. The largest absolute Gasteiger partial charge is 0.459 e. The van der Waals surface area contributed by atoms with Crippen molar-refractivity contribution in [2.24, 2.45) is 11.8 Å². The quantitative estimate of drug-likeness (QED) is 0.0813. The number of benzene rings is 1. The first-order valence-corrected chi connectivity index (χ1v) is 19.1. The predicted molar refractivity (Wildman–Crippen MR) is 194 cm³/mol. The summed E-state index contributed by atoms with van der Waals surface area (Å²) in [5, 5.41) is 16.7. The number of carbonyl (C=O) groups excluding carboxylic acids is 3. The molecule has 1 fully saturated rings. The van der Waals surface area contributed by atoms with Gasteiger partial charge in [0.15, 0.2) is 24.1 Å². The van der Waals surface area contributed by atoms with E-state index >= 15 is 0 Å². The summed E-state index contributed by atoms with van der Waals surface area (Å²) in [5.41, 5.74) is 7.39. The number of carbonyl (C=O) groups is 3. The van der Waals surface area contributed by atoms with Crippen LogP contribution in [0.4, 0.5) is 5.82 Å². The number of nitrogens with two attached hydrogens (primary N) is 1. The van der Waals surface area contributed by atoms with E-state index in [1.165, 1.54) is 17.8 Å². The second-order valence-electron chi connectivity index (χ2n) is 14.4. The molecular formula is C36H49N6O11P. The average molecular weight is 773 g/mol. The minimum absolute atomic E-state index is 0.113. The van der Waals surface area contributed by atoms with Crippen LogP contribution in [-0.4, -0.2) is 76.7 Å². The zero-order valence-electron chi connectivity index (χ0n) is 31.7. The minimum atomic E-state index is -4.56. The molecule has 3 heterocycles. The summed E-state index contributed by atoms with van der Waals surface area (Å²) < 4.78 is 55.8. The van der Waals surface area contributed by atoms with Gasteiger partial charge in [0.05, 0.1) is 30.7 Å². The highest BCUT2D eigenvalue weighted by Crippen LogP contribution is 2.46. The Labute approximate surface area is 314 Å². The van der Waals surface area contributed by atoms with Crippen LogP contribution in [0.25, 0.3) is 5.52 Å². The zero-order valence-corrected chi connectivity index (χ0v) is 32.6. The third kappa shape index (κ3) is 10.9. The molecule has 6 atom stereocenters. The van der Waals surface area contributed by atoms with Crippen molar-refractivity contribution in [2.45, 2.75) is 97.7 Å². The molecule has 3 aromatic rings. The Morgan fingerprint density at radius 3 is 2.30 bits per heavy atom. The Hall–Kier alpha value is -4.75. The van der Waals surface area contributed by atoms with E-state index in [0.717, 1.165) is 5.56 Å². The fourth-order valence-corrected chi connectivity index (χ4v) is 6.69. The molecule has 0 spiro atoms. The van der Waals surface area contributed by atoms with Gasteiger partial charge < -0.3 is 33.9 Å². The second kappa shape index (κ2) is 18.1. The van der Waals surface area contributed by atoms with Gasteiger partial charge in [-0.15, -0.1) is 0 Å². The van der Waals surface area contributed by atoms with E-state index in [9.17, 15) is 24.2 Å². The molecule has 1 unspecified atom stereocenters. The zero-order chi connectivity index (χ0) is 39.8. The van der Waals surface area contributed by atoms with Crippen LogP contribution < -0.4 is 15.3 Å². The summed E-state index contributed by atoms with van der Waals surface area (Å²) in [7, 11) is -4.56. The highest BCUT2D eigenvalue weighted by Gasteiger charge is 2.43. The lowest BCUT2D eigenvalue weighted by Crippen LogP contribution is -2.44. The van der Waals surface area contributed by atoms with Crippen molar-refractivity contribution in [2.75, 3.05) is 25.6 Å². The first kappa shape index (κ1) is 42.0. The highest BCUT2D eigenvalue weighted by atomic mass is 31.2. The number of nitrogen functional groups attached to an aromatic ring is 1.